The number of rotatable bonds is 3. The highest BCUT2D eigenvalue weighted by atomic mass is 16.4. The van der Waals surface area contributed by atoms with Crippen molar-refractivity contribution in [3.8, 4) is 0 Å². The van der Waals surface area contributed by atoms with E-state index < -0.39 is 5.97 Å². The minimum Gasteiger partial charge on any atom is -0.478 e. The highest BCUT2D eigenvalue weighted by Crippen LogP contribution is 2.26. The number of carbonyl (C=O) groups is 1. The zero-order valence-corrected chi connectivity index (χ0v) is 11.5. The van der Waals surface area contributed by atoms with Crippen LogP contribution < -0.4 is 5.32 Å². The third-order valence-corrected chi connectivity index (χ3v) is 3.26. The van der Waals surface area contributed by atoms with E-state index in [1.165, 1.54) is 0 Å². The number of anilines is 2. The Labute approximate surface area is 122 Å². The van der Waals surface area contributed by atoms with E-state index in [1.54, 1.807) is 24.3 Å². The molecule has 4 nitrogen and oxygen atoms in total. The molecule has 0 aliphatic carbocycles. The number of benzene rings is 2. The van der Waals surface area contributed by atoms with Crippen molar-refractivity contribution < 1.29 is 9.90 Å². The molecule has 0 atom stereocenters. The molecule has 0 aliphatic rings. The van der Waals surface area contributed by atoms with Gasteiger partial charge in [0.25, 0.3) is 0 Å². The molecular formula is C17H14N2O2. The summed E-state index contributed by atoms with van der Waals surface area (Å²) in [4.78, 5) is 15.4. The first-order chi connectivity index (χ1) is 10.1. The molecular weight excluding hydrogens is 264 g/mol. The normalized spacial score (nSPS) is 10.5. The highest BCUT2D eigenvalue weighted by molar-refractivity contribution is 5.93. The first-order valence-electron chi connectivity index (χ1n) is 6.60. The fourth-order valence-corrected chi connectivity index (χ4v) is 2.26. The van der Waals surface area contributed by atoms with Gasteiger partial charge >= 0.3 is 5.97 Å². The zero-order valence-electron chi connectivity index (χ0n) is 11.5. The van der Waals surface area contributed by atoms with Gasteiger partial charge in [0.2, 0.25) is 0 Å². The molecule has 0 aliphatic heterocycles. The number of hydrogen-bond donors (Lipinski definition) is 2. The van der Waals surface area contributed by atoms with E-state index in [9.17, 15) is 4.79 Å². The van der Waals surface area contributed by atoms with E-state index in [2.05, 4.69) is 10.3 Å². The molecule has 21 heavy (non-hydrogen) atoms. The molecule has 2 N–H and O–H groups in total. The lowest BCUT2D eigenvalue weighted by Crippen LogP contribution is -1.97. The van der Waals surface area contributed by atoms with Crippen LogP contribution in [0.4, 0.5) is 11.4 Å². The van der Waals surface area contributed by atoms with Crippen molar-refractivity contribution in [2.45, 2.75) is 6.92 Å². The molecule has 2 aromatic carbocycles. The summed E-state index contributed by atoms with van der Waals surface area (Å²) in [7, 11) is 0. The SMILES string of the molecule is Cc1cc(Nc2ccc(C(=O)O)cc2)c2ccccc2n1. The third-order valence-electron chi connectivity index (χ3n) is 3.26. The molecule has 4 heteroatoms. The Balaban J connectivity index is 1.99. The Morgan fingerprint density at radius 3 is 2.52 bits per heavy atom. The molecule has 0 amide bonds. The van der Waals surface area contributed by atoms with Crippen molar-refractivity contribution in [2.75, 3.05) is 5.32 Å². The number of carboxylic acids is 1. The van der Waals surface area contributed by atoms with Gasteiger partial charge in [0, 0.05) is 22.5 Å². The van der Waals surface area contributed by atoms with Crippen molar-refractivity contribution in [1.82, 2.24) is 4.98 Å². The zero-order chi connectivity index (χ0) is 14.8. The van der Waals surface area contributed by atoms with Gasteiger partial charge in [-0.15, -0.1) is 0 Å². The number of aromatic carboxylic acids is 1. The summed E-state index contributed by atoms with van der Waals surface area (Å²) in [5.74, 6) is -0.924. The average Bonchev–Trinajstić information content (AvgIpc) is 2.47. The Kier molecular flexibility index (Phi) is 3.28. The number of aromatic nitrogens is 1. The first kappa shape index (κ1) is 13.1. The molecule has 104 valence electrons. The van der Waals surface area contributed by atoms with Gasteiger partial charge in [-0.2, -0.15) is 0 Å². The number of nitrogens with one attached hydrogen (secondary N) is 1. The van der Waals surface area contributed by atoms with Crippen molar-refractivity contribution in [3.63, 3.8) is 0 Å². The third kappa shape index (κ3) is 2.69. The van der Waals surface area contributed by atoms with Gasteiger partial charge in [-0.25, -0.2) is 4.79 Å². The van der Waals surface area contributed by atoms with Crippen LogP contribution in [0.2, 0.25) is 0 Å². The largest absolute Gasteiger partial charge is 0.478 e. The van der Waals surface area contributed by atoms with Crippen LogP contribution in [-0.4, -0.2) is 16.1 Å². The number of nitrogens with zero attached hydrogens (tertiary/aromatic N) is 1. The van der Waals surface area contributed by atoms with Crippen LogP contribution in [0.25, 0.3) is 10.9 Å². The van der Waals surface area contributed by atoms with E-state index in [-0.39, 0.29) is 5.56 Å². The summed E-state index contributed by atoms with van der Waals surface area (Å²) in [5, 5.41) is 13.3. The molecule has 3 aromatic rings. The van der Waals surface area contributed by atoms with Crippen LogP contribution in [0.3, 0.4) is 0 Å². The van der Waals surface area contributed by atoms with E-state index in [0.717, 1.165) is 28.0 Å². The maximum absolute atomic E-state index is 10.9. The van der Waals surface area contributed by atoms with Gasteiger partial charge in [0.05, 0.1) is 11.1 Å². The van der Waals surface area contributed by atoms with Gasteiger partial charge in [0.1, 0.15) is 0 Å². The summed E-state index contributed by atoms with van der Waals surface area (Å²) in [6.07, 6.45) is 0. The minimum absolute atomic E-state index is 0.274. The fourth-order valence-electron chi connectivity index (χ4n) is 2.26. The van der Waals surface area contributed by atoms with Gasteiger partial charge in [-0.3, -0.25) is 4.98 Å². The van der Waals surface area contributed by atoms with Crippen molar-refractivity contribution in [1.29, 1.82) is 0 Å². The molecule has 0 unspecified atom stereocenters. The lowest BCUT2D eigenvalue weighted by Gasteiger charge is -2.11. The predicted molar refractivity (Wildman–Crippen MR) is 83.2 cm³/mol. The lowest BCUT2D eigenvalue weighted by molar-refractivity contribution is 0.0697. The van der Waals surface area contributed by atoms with Crippen molar-refractivity contribution in [3.05, 3.63) is 65.9 Å². The number of carboxylic acid groups (broad SMARTS) is 1. The molecule has 0 saturated heterocycles. The summed E-state index contributed by atoms with van der Waals surface area (Å²) < 4.78 is 0. The second-order valence-corrected chi connectivity index (χ2v) is 4.84. The monoisotopic (exact) mass is 278 g/mol. The molecule has 1 aromatic heterocycles. The summed E-state index contributed by atoms with van der Waals surface area (Å²) >= 11 is 0. The standard InChI is InChI=1S/C17H14N2O2/c1-11-10-16(14-4-2-3-5-15(14)18-11)19-13-8-6-12(7-9-13)17(20)21/h2-10H,1H3,(H,18,19)(H,20,21). The molecule has 0 spiro atoms. The van der Waals surface area contributed by atoms with E-state index in [4.69, 9.17) is 5.11 Å². The quantitative estimate of drug-likeness (QED) is 0.760. The van der Waals surface area contributed by atoms with Crippen LogP contribution in [0.5, 0.6) is 0 Å². The Morgan fingerprint density at radius 1 is 1.10 bits per heavy atom. The van der Waals surface area contributed by atoms with Crippen LogP contribution >= 0.6 is 0 Å². The predicted octanol–water partition coefficient (Wildman–Crippen LogP) is 3.99. The van der Waals surface area contributed by atoms with Gasteiger partial charge in [0.15, 0.2) is 0 Å². The van der Waals surface area contributed by atoms with E-state index >= 15 is 0 Å². The van der Waals surface area contributed by atoms with Crippen molar-refractivity contribution >= 4 is 28.2 Å². The van der Waals surface area contributed by atoms with Crippen molar-refractivity contribution in [2.24, 2.45) is 0 Å². The highest BCUT2D eigenvalue weighted by Gasteiger charge is 2.05. The van der Waals surface area contributed by atoms with E-state index in [1.807, 2.05) is 37.3 Å². The molecule has 3 rings (SSSR count). The number of aryl methyl sites for hydroxylation is 1. The molecule has 0 saturated carbocycles. The minimum atomic E-state index is -0.924. The average molecular weight is 278 g/mol. The number of para-hydroxylation sites is 1. The van der Waals surface area contributed by atoms with Crippen LogP contribution in [-0.2, 0) is 0 Å². The smallest absolute Gasteiger partial charge is 0.335 e. The molecule has 0 fully saturated rings. The number of pyridine rings is 1. The topological polar surface area (TPSA) is 62.2 Å². The van der Waals surface area contributed by atoms with Crippen LogP contribution in [0, 0.1) is 6.92 Å². The lowest BCUT2D eigenvalue weighted by atomic mass is 10.1. The summed E-state index contributed by atoms with van der Waals surface area (Å²) in [6.45, 7) is 1.95. The van der Waals surface area contributed by atoms with Gasteiger partial charge < -0.3 is 10.4 Å². The Bertz CT molecular complexity index is 811. The van der Waals surface area contributed by atoms with Crippen LogP contribution in [0.15, 0.2) is 54.6 Å². The first-order valence-corrected chi connectivity index (χ1v) is 6.60. The second kappa shape index (κ2) is 5.25. The van der Waals surface area contributed by atoms with E-state index in [0.29, 0.717) is 0 Å². The Hall–Kier alpha value is -2.88. The number of fused-ring (bicyclic) bond motifs is 1. The maximum Gasteiger partial charge on any atom is 0.335 e. The maximum atomic E-state index is 10.9. The summed E-state index contributed by atoms with van der Waals surface area (Å²) in [5.41, 5.74) is 3.94. The Morgan fingerprint density at radius 2 is 1.81 bits per heavy atom. The fraction of sp³-hybridized carbons (Fsp3) is 0.0588. The number of hydrogen-bond acceptors (Lipinski definition) is 3. The molecule has 0 bridgehead atoms. The van der Waals surface area contributed by atoms with Gasteiger partial charge in [-0.1, -0.05) is 18.2 Å². The second-order valence-electron chi connectivity index (χ2n) is 4.84. The molecule has 1 heterocycles. The molecule has 0 radical (unpaired) electrons. The van der Waals surface area contributed by atoms with Crippen LogP contribution in [0.1, 0.15) is 16.1 Å². The summed E-state index contributed by atoms with van der Waals surface area (Å²) in [6, 6.07) is 16.6. The van der Waals surface area contributed by atoms with Gasteiger partial charge in [-0.05, 0) is 43.3 Å².